The quantitative estimate of drug-likeness (QED) is 0.270. The van der Waals surface area contributed by atoms with Crippen LogP contribution in [0.1, 0.15) is 11.7 Å². The van der Waals surface area contributed by atoms with E-state index in [1.165, 1.54) is 0 Å². The van der Waals surface area contributed by atoms with E-state index in [0.717, 1.165) is 49.5 Å². The predicted octanol–water partition coefficient (Wildman–Crippen LogP) is 7.84. The number of benzene rings is 3. The van der Waals surface area contributed by atoms with Gasteiger partial charge in [0.2, 0.25) is 0 Å². The summed E-state index contributed by atoms with van der Waals surface area (Å²) in [6.07, 6.45) is 5.49. The highest BCUT2D eigenvalue weighted by atomic mass is 79.9. The molecular formula is C29H21BrN4. The molecule has 6 rings (SSSR count). The molecule has 4 nitrogen and oxygen atoms in total. The molecule has 1 aliphatic rings. The third kappa shape index (κ3) is 3.74. The van der Waals surface area contributed by atoms with E-state index in [4.69, 9.17) is 4.98 Å². The predicted molar refractivity (Wildman–Crippen MR) is 142 cm³/mol. The second-order valence-electron chi connectivity index (χ2n) is 8.19. The number of hydrogen-bond donors (Lipinski definition) is 1. The molecule has 3 aromatic carbocycles. The lowest BCUT2D eigenvalue weighted by molar-refractivity contribution is 0.828. The van der Waals surface area contributed by atoms with Crippen LogP contribution < -0.4 is 10.2 Å². The summed E-state index contributed by atoms with van der Waals surface area (Å²) in [6.45, 7) is 0. The minimum atomic E-state index is -0.100. The van der Waals surface area contributed by atoms with Crippen LogP contribution in [0.3, 0.4) is 0 Å². The van der Waals surface area contributed by atoms with Gasteiger partial charge in [-0.3, -0.25) is 9.97 Å². The van der Waals surface area contributed by atoms with Gasteiger partial charge in [0.15, 0.2) is 0 Å². The fraction of sp³-hybridized carbons (Fsp3) is 0.0345. The summed E-state index contributed by atoms with van der Waals surface area (Å²) < 4.78 is 1.02. The van der Waals surface area contributed by atoms with Gasteiger partial charge in [0.05, 0.1) is 17.1 Å². The number of halogens is 1. The summed E-state index contributed by atoms with van der Waals surface area (Å²) in [5.41, 5.74) is 8.63. The van der Waals surface area contributed by atoms with Crippen molar-refractivity contribution >= 4 is 33.0 Å². The Hall–Kier alpha value is -3.96. The number of para-hydroxylation sites is 1. The highest BCUT2D eigenvalue weighted by Gasteiger charge is 2.34. The standard InChI is InChI=1S/C29H21BrN4/c30-24-17-22(21-10-7-14-31-19-21)16-23(18-24)29-33-28-26(34(29)25-11-5-2-6-12-25)13-15-32-27(28)20-8-3-1-4-9-20/h1-19,29,33H. The Morgan fingerprint density at radius 3 is 2.26 bits per heavy atom. The van der Waals surface area contributed by atoms with Gasteiger partial charge in [0, 0.05) is 39.9 Å². The molecule has 1 unspecified atom stereocenters. The molecule has 5 aromatic rings. The van der Waals surface area contributed by atoms with E-state index in [0.29, 0.717) is 0 Å². The van der Waals surface area contributed by atoms with Crippen molar-refractivity contribution in [3.05, 3.63) is 126 Å². The number of nitrogens with one attached hydrogen (secondary N) is 1. The molecule has 3 heterocycles. The highest BCUT2D eigenvalue weighted by molar-refractivity contribution is 9.10. The Morgan fingerprint density at radius 1 is 0.735 bits per heavy atom. The Labute approximate surface area is 207 Å². The van der Waals surface area contributed by atoms with Crippen LogP contribution in [0.2, 0.25) is 0 Å². The lowest BCUT2D eigenvalue weighted by atomic mass is 10.0. The smallest absolute Gasteiger partial charge is 0.130 e. The zero-order chi connectivity index (χ0) is 22.9. The maximum absolute atomic E-state index is 4.75. The van der Waals surface area contributed by atoms with Crippen molar-refractivity contribution in [1.82, 2.24) is 9.97 Å². The summed E-state index contributed by atoms with van der Waals surface area (Å²) >= 11 is 3.74. The van der Waals surface area contributed by atoms with Gasteiger partial charge in [-0.05, 0) is 53.6 Å². The third-order valence-electron chi connectivity index (χ3n) is 6.04. The van der Waals surface area contributed by atoms with Crippen LogP contribution in [0.4, 0.5) is 17.1 Å². The van der Waals surface area contributed by atoms with E-state index in [1.807, 2.05) is 42.7 Å². The Morgan fingerprint density at radius 2 is 1.50 bits per heavy atom. The Kier molecular flexibility index (Phi) is 5.32. The van der Waals surface area contributed by atoms with Crippen molar-refractivity contribution in [2.24, 2.45) is 0 Å². The Balaban J connectivity index is 1.52. The topological polar surface area (TPSA) is 41.1 Å². The van der Waals surface area contributed by atoms with Gasteiger partial charge in [-0.2, -0.15) is 0 Å². The van der Waals surface area contributed by atoms with Crippen molar-refractivity contribution in [2.75, 3.05) is 10.2 Å². The van der Waals surface area contributed by atoms with Crippen molar-refractivity contribution in [3.8, 4) is 22.4 Å². The van der Waals surface area contributed by atoms with Crippen LogP contribution in [0.5, 0.6) is 0 Å². The second-order valence-corrected chi connectivity index (χ2v) is 9.10. The van der Waals surface area contributed by atoms with E-state index in [1.54, 1.807) is 6.20 Å². The van der Waals surface area contributed by atoms with Gasteiger partial charge >= 0.3 is 0 Å². The number of fused-ring (bicyclic) bond motifs is 1. The first-order valence-corrected chi connectivity index (χ1v) is 11.9. The summed E-state index contributed by atoms with van der Waals surface area (Å²) in [4.78, 5) is 11.4. The minimum absolute atomic E-state index is 0.100. The van der Waals surface area contributed by atoms with Crippen LogP contribution in [0.15, 0.2) is 120 Å². The van der Waals surface area contributed by atoms with Gasteiger partial charge < -0.3 is 10.2 Å². The van der Waals surface area contributed by atoms with Crippen LogP contribution in [-0.2, 0) is 0 Å². The van der Waals surface area contributed by atoms with Crippen molar-refractivity contribution in [3.63, 3.8) is 0 Å². The number of hydrogen-bond acceptors (Lipinski definition) is 4. The molecule has 0 fully saturated rings. The minimum Gasteiger partial charge on any atom is -0.358 e. The molecule has 0 bridgehead atoms. The summed E-state index contributed by atoms with van der Waals surface area (Å²) in [6, 6.07) is 33.5. The highest BCUT2D eigenvalue weighted by Crippen LogP contribution is 2.49. The van der Waals surface area contributed by atoms with E-state index in [2.05, 4.69) is 97.9 Å². The fourth-order valence-corrected chi connectivity index (χ4v) is 5.04. The van der Waals surface area contributed by atoms with E-state index >= 15 is 0 Å². The van der Waals surface area contributed by atoms with Crippen LogP contribution in [0, 0.1) is 0 Å². The molecule has 1 aliphatic heterocycles. The zero-order valence-corrected chi connectivity index (χ0v) is 19.9. The molecule has 1 N–H and O–H groups in total. The lowest BCUT2D eigenvalue weighted by Crippen LogP contribution is -2.23. The van der Waals surface area contributed by atoms with E-state index in [9.17, 15) is 0 Å². The number of anilines is 3. The molecule has 164 valence electrons. The largest absolute Gasteiger partial charge is 0.358 e. The van der Waals surface area contributed by atoms with Gasteiger partial charge in [-0.25, -0.2) is 0 Å². The van der Waals surface area contributed by atoms with Crippen molar-refractivity contribution in [2.45, 2.75) is 6.17 Å². The summed E-state index contributed by atoms with van der Waals surface area (Å²) in [5.74, 6) is 0. The van der Waals surface area contributed by atoms with Gasteiger partial charge in [-0.1, -0.05) is 70.5 Å². The molecule has 0 amide bonds. The Bertz CT molecular complexity index is 1440. The molecule has 1 atom stereocenters. The lowest BCUT2D eigenvalue weighted by Gasteiger charge is -2.28. The molecule has 0 saturated carbocycles. The molecule has 2 aromatic heterocycles. The maximum Gasteiger partial charge on any atom is 0.130 e. The first-order chi connectivity index (χ1) is 16.8. The molecule has 34 heavy (non-hydrogen) atoms. The average molecular weight is 505 g/mol. The zero-order valence-electron chi connectivity index (χ0n) is 18.3. The van der Waals surface area contributed by atoms with E-state index < -0.39 is 0 Å². The second kappa shape index (κ2) is 8.76. The first kappa shape index (κ1) is 20.6. The van der Waals surface area contributed by atoms with Crippen LogP contribution >= 0.6 is 15.9 Å². The van der Waals surface area contributed by atoms with Crippen LogP contribution in [-0.4, -0.2) is 9.97 Å². The monoisotopic (exact) mass is 504 g/mol. The number of rotatable bonds is 4. The molecule has 5 heteroatoms. The average Bonchev–Trinajstić information content (AvgIpc) is 3.30. The SMILES string of the molecule is Brc1cc(-c2cccnc2)cc(C2Nc3c(ccnc3-c3ccccc3)N2c2ccccc2)c1. The molecule has 0 aliphatic carbocycles. The van der Waals surface area contributed by atoms with Gasteiger partial charge in [-0.15, -0.1) is 0 Å². The van der Waals surface area contributed by atoms with Crippen molar-refractivity contribution < 1.29 is 0 Å². The molecule has 0 radical (unpaired) electrons. The van der Waals surface area contributed by atoms with Crippen molar-refractivity contribution in [1.29, 1.82) is 0 Å². The number of nitrogens with zero attached hydrogens (tertiary/aromatic N) is 3. The van der Waals surface area contributed by atoms with Gasteiger partial charge in [0.25, 0.3) is 0 Å². The van der Waals surface area contributed by atoms with Gasteiger partial charge in [0.1, 0.15) is 6.17 Å². The number of pyridine rings is 2. The fourth-order valence-electron chi connectivity index (χ4n) is 4.53. The normalized spacial score (nSPS) is 14.5. The maximum atomic E-state index is 4.75. The summed E-state index contributed by atoms with van der Waals surface area (Å²) in [5, 5.41) is 3.80. The molecule has 0 saturated heterocycles. The molecular weight excluding hydrogens is 484 g/mol. The molecule has 0 spiro atoms. The third-order valence-corrected chi connectivity index (χ3v) is 6.50. The first-order valence-electron chi connectivity index (χ1n) is 11.1. The summed E-state index contributed by atoms with van der Waals surface area (Å²) in [7, 11) is 0. The van der Waals surface area contributed by atoms with Crippen LogP contribution in [0.25, 0.3) is 22.4 Å². The van der Waals surface area contributed by atoms with E-state index in [-0.39, 0.29) is 6.17 Å². The number of aromatic nitrogens is 2.